The van der Waals surface area contributed by atoms with Gasteiger partial charge in [0.1, 0.15) is 4.60 Å². The van der Waals surface area contributed by atoms with Gasteiger partial charge in [0.2, 0.25) is 0 Å². The van der Waals surface area contributed by atoms with Gasteiger partial charge in [-0.15, -0.1) is 11.3 Å². The smallest absolute Gasteiger partial charge is 0.186 e. The zero-order chi connectivity index (χ0) is 10.1. The van der Waals surface area contributed by atoms with Crippen molar-refractivity contribution in [2.24, 2.45) is 0 Å². The van der Waals surface area contributed by atoms with Crippen molar-refractivity contribution >= 4 is 32.4 Å². The van der Waals surface area contributed by atoms with Crippen molar-refractivity contribution in [2.75, 3.05) is 18.0 Å². The molecular weight excluding hydrogens is 262 g/mol. The van der Waals surface area contributed by atoms with Crippen molar-refractivity contribution in [3.05, 3.63) is 9.98 Å². The van der Waals surface area contributed by atoms with Crippen LogP contribution in [0, 0.1) is 0 Å². The first kappa shape index (κ1) is 10.4. The normalized spacial score (nSPS) is 28.1. The summed E-state index contributed by atoms with van der Waals surface area (Å²) in [5.41, 5.74) is 0. The van der Waals surface area contributed by atoms with Gasteiger partial charge in [-0.2, -0.15) is 0 Å². The lowest BCUT2D eigenvalue weighted by Gasteiger charge is -2.37. The van der Waals surface area contributed by atoms with E-state index in [9.17, 15) is 0 Å². The van der Waals surface area contributed by atoms with Crippen molar-refractivity contribution in [3.63, 3.8) is 0 Å². The van der Waals surface area contributed by atoms with Crippen molar-refractivity contribution in [1.82, 2.24) is 10.3 Å². The van der Waals surface area contributed by atoms with Crippen molar-refractivity contribution in [1.29, 1.82) is 0 Å². The van der Waals surface area contributed by atoms with Crippen LogP contribution in [0.25, 0.3) is 0 Å². The Kier molecular flexibility index (Phi) is 3.09. The molecule has 0 spiro atoms. The summed E-state index contributed by atoms with van der Waals surface area (Å²) in [6, 6.07) is 1.08. The number of rotatable bonds is 1. The number of hydrogen-bond acceptors (Lipinski definition) is 4. The minimum Gasteiger partial charge on any atom is -0.343 e. The highest BCUT2D eigenvalue weighted by atomic mass is 79.9. The molecule has 0 aromatic carbocycles. The maximum atomic E-state index is 4.45. The van der Waals surface area contributed by atoms with Crippen LogP contribution in [0.15, 0.2) is 9.98 Å². The minimum atomic E-state index is 0.532. The average molecular weight is 276 g/mol. The molecule has 1 fully saturated rings. The second-order valence-corrected chi connectivity index (χ2v) is 5.41. The Morgan fingerprint density at radius 1 is 1.64 bits per heavy atom. The van der Waals surface area contributed by atoms with Gasteiger partial charge < -0.3 is 10.2 Å². The molecule has 1 N–H and O–H groups in total. The van der Waals surface area contributed by atoms with Crippen LogP contribution in [0.1, 0.15) is 13.8 Å². The van der Waals surface area contributed by atoms with E-state index in [-0.39, 0.29) is 0 Å². The molecule has 78 valence electrons. The van der Waals surface area contributed by atoms with Crippen LogP contribution in [0.2, 0.25) is 0 Å². The summed E-state index contributed by atoms with van der Waals surface area (Å²) in [4.78, 5) is 6.82. The van der Waals surface area contributed by atoms with Gasteiger partial charge in [0.15, 0.2) is 5.13 Å². The first-order chi connectivity index (χ1) is 6.66. The van der Waals surface area contributed by atoms with E-state index in [2.05, 4.69) is 45.0 Å². The predicted octanol–water partition coefficient (Wildman–Crippen LogP) is 2.09. The number of thiazole rings is 1. The molecule has 1 saturated heterocycles. The maximum absolute atomic E-state index is 4.45. The fraction of sp³-hybridized carbons (Fsp3) is 0.667. The first-order valence-corrected chi connectivity index (χ1v) is 6.45. The maximum Gasteiger partial charge on any atom is 0.186 e. The summed E-state index contributed by atoms with van der Waals surface area (Å²) in [5.74, 6) is 0. The minimum absolute atomic E-state index is 0.532. The second-order valence-electron chi connectivity index (χ2n) is 3.76. The highest BCUT2D eigenvalue weighted by Gasteiger charge is 2.24. The van der Waals surface area contributed by atoms with Crippen molar-refractivity contribution in [3.8, 4) is 0 Å². The molecule has 0 radical (unpaired) electrons. The summed E-state index contributed by atoms with van der Waals surface area (Å²) in [5, 5.41) is 6.62. The van der Waals surface area contributed by atoms with Crippen LogP contribution >= 0.6 is 27.3 Å². The van der Waals surface area contributed by atoms with Crippen LogP contribution in [-0.2, 0) is 0 Å². The molecule has 5 heteroatoms. The van der Waals surface area contributed by atoms with Gasteiger partial charge in [0.25, 0.3) is 0 Å². The highest BCUT2D eigenvalue weighted by Crippen LogP contribution is 2.26. The highest BCUT2D eigenvalue weighted by molar-refractivity contribution is 9.10. The standard InChI is InChI=1S/C9H14BrN3S/c1-6-4-13(7(2)3-11-6)9-12-8(10)5-14-9/h5-7,11H,3-4H2,1-2H3. The molecule has 14 heavy (non-hydrogen) atoms. The summed E-state index contributed by atoms with van der Waals surface area (Å²) in [7, 11) is 0. The molecule has 0 aliphatic carbocycles. The number of piperazine rings is 1. The van der Waals surface area contributed by atoms with Crippen LogP contribution < -0.4 is 10.2 Å². The van der Waals surface area contributed by atoms with Gasteiger partial charge in [-0.05, 0) is 29.8 Å². The van der Waals surface area contributed by atoms with E-state index >= 15 is 0 Å². The quantitative estimate of drug-likeness (QED) is 0.851. The van der Waals surface area contributed by atoms with Crippen LogP contribution in [0.5, 0.6) is 0 Å². The van der Waals surface area contributed by atoms with Gasteiger partial charge in [0.05, 0.1) is 0 Å². The monoisotopic (exact) mass is 275 g/mol. The van der Waals surface area contributed by atoms with Gasteiger partial charge in [-0.25, -0.2) is 4.98 Å². The van der Waals surface area contributed by atoms with Crippen LogP contribution in [0.4, 0.5) is 5.13 Å². The third kappa shape index (κ3) is 2.10. The number of anilines is 1. The molecule has 3 nitrogen and oxygen atoms in total. The van der Waals surface area contributed by atoms with Gasteiger partial charge in [-0.1, -0.05) is 0 Å². The Morgan fingerprint density at radius 2 is 2.43 bits per heavy atom. The summed E-state index contributed by atoms with van der Waals surface area (Å²) >= 11 is 5.09. The van der Waals surface area contributed by atoms with E-state index in [1.807, 2.05) is 5.38 Å². The number of halogens is 1. The third-order valence-corrected chi connectivity index (χ3v) is 4.06. The fourth-order valence-corrected chi connectivity index (χ4v) is 3.03. The molecule has 0 saturated carbocycles. The molecule has 2 atom stereocenters. The van der Waals surface area contributed by atoms with E-state index in [4.69, 9.17) is 0 Å². The topological polar surface area (TPSA) is 28.2 Å². The SMILES string of the molecule is CC1CN(c2nc(Br)cs2)C(C)CN1. The second kappa shape index (κ2) is 4.16. The molecule has 2 unspecified atom stereocenters. The number of aromatic nitrogens is 1. The zero-order valence-electron chi connectivity index (χ0n) is 8.33. The van der Waals surface area contributed by atoms with Gasteiger partial charge in [0, 0.05) is 30.6 Å². The van der Waals surface area contributed by atoms with E-state index in [0.29, 0.717) is 12.1 Å². The Balaban J connectivity index is 2.15. The van der Waals surface area contributed by atoms with Gasteiger partial charge in [-0.3, -0.25) is 0 Å². The lowest BCUT2D eigenvalue weighted by molar-refractivity contribution is 0.424. The molecule has 1 aromatic rings. The summed E-state index contributed by atoms with van der Waals surface area (Å²) in [6.07, 6.45) is 0. The van der Waals surface area contributed by atoms with Crippen molar-refractivity contribution in [2.45, 2.75) is 25.9 Å². The molecule has 1 aromatic heterocycles. The zero-order valence-corrected chi connectivity index (χ0v) is 10.7. The molecular formula is C9H14BrN3S. The Morgan fingerprint density at radius 3 is 3.07 bits per heavy atom. The predicted molar refractivity (Wildman–Crippen MR) is 64.1 cm³/mol. The lowest BCUT2D eigenvalue weighted by atomic mass is 10.1. The number of nitrogens with one attached hydrogen (secondary N) is 1. The molecule has 2 rings (SSSR count). The Hall–Kier alpha value is -0.130. The number of nitrogens with zero attached hydrogens (tertiary/aromatic N) is 2. The molecule has 0 bridgehead atoms. The molecule has 0 amide bonds. The number of hydrogen-bond donors (Lipinski definition) is 1. The van der Waals surface area contributed by atoms with E-state index in [1.54, 1.807) is 11.3 Å². The Labute approximate surface area is 96.7 Å². The summed E-state index contributed by atoms with van der Waals surface area (Å²) in [6.45, 7) is 6.52. The van der Waals surface area contributed by atoms with Crippen LogP contribution in [0.3, 0.4) is 0 Å². The molecule has 2 heterocycles. The van der Waals surface area contributed by atoms with Gasteiger partial charge >= 0.3 is 0 Å². The van der Waals surface area contributed by atoms with E-state index < -0.39 is 0 Å². The fourth-order valence-electron chi connectivity index (χ4n) is 1.67. The van der Waals surface area contributed by atoms with Crippen LogP contribution in [-0.4, -0.2) is 30.2 Å². The molecule has 1 aliphatic rings. The molecule has 1 aliphatic heterocycles. The average Bonchev–Trinajstić information content (AvgIpc) is 2.56. The van der Waals surface area contributed by atoms with Crippen molar-refractivity contribution < 1.29 is 0 Å². The van der Waals surface area contributed by atoms with E-state index in [1.165, 1.54) is 0 Å². The lowest BCUT2D eigenvalue weighted by Crippen LogP contribution is -2.54. The third-order valence-electron chi connectivity index (χ3n) is 2.47. The largest absolute Gasteiger partial charge is 0.343 e. The first-order valence-electron chi connectivity index (χ1n) is 4.78. The Bertz CT molecular complexity index is 315. The van der Waals surface area contributed by atoms with E-state index in [0.717, 1.165) is 22.8 Å². The summed E-state index contributed by atoms with van der Waals surface area (Å²) < 4.78 is 0.941.